The minimum absolute atomic E-state index is 0.315. The molecule has 2 rings (SSSR count). The fourth-order valence-electron chi connectivity index (χ4n) is 2.19. The number of esters is 1. The summed E-state index contributed by atoms with van der Waals surface area (Å²) in [6.45, 7) is 2.47. The van der Waals surface area contributed by atoms with E-state index in [1.54, 1.807) is 12.1 Å². The van der Waals surface area contributed by atoms with Crippen LogP contribution in [0.4, 0.5) is 0 Å². The zero-order valence-corrected chi connectivity index (χ0v) is 12.8. The van der Waals surface area contributed by atoms with Crippen LogP contribution in [0.15, 0.2) is 22.7 Å². The molecule has 0 amide bonds. The quantitative estimate of drug-likeness (QED) is 0.796. The first-order valence-corrected chi connectivity index (χ1v) is 7.06. The normalized spacial score (nSPS) is 18.8. The zero-order valence-electron chi connectivity index (χ0n) is 11.2. The minimum Gasteiger partial charge on any atom is -0.465 e. The van der Waals surface area contributed by atoms with Gasteiger partial charge in [-0.05, 0) is 31.2 Å². The third-order valence-electron chi connectivity index (χ3n) is 3.42. The van der Waals surface area contributed by atoms with Crippen LogP contribution in [0.1, 0.15) is 22.3 Å². The van der Waals surface area contributed by atoms with E-state index in [0.29, 0.717) is 11.6 Å². The molecule has 1 aliphatic heterocycles. The Morgan fingerprint density at radius 1 is 1.58 bits per heavy atom. The molecule has 1 aromatic rings. The molecule has 1 fully saturated rings. The average molecular weight is 328 g/mol. The average Bonchev–Trinajstić information content (AvgIpc) is 2.94. The summed E-state index contributed by atoms with van der Waals surface area (Å²) in [5.74, 6) is -0.315. The van der Waals surface area contributed by atoms with Gasteiger partial charge in [0.05, 0.1) is 19.3 Å². The molecule has 0 N–H and O–H groups in total. The molecule has 104 valence electrons. The Kier molecular flexibility index (Phi) is 4.96. The Bertz CT molecular complexity index is 458. The van der Waals surface area contributed by atoms with Crippen molar-refractivity contribution in [1.29, 1.82) is 0 Å². The van der Waals surface area contributed by atoms with Crippen molar-refractivity contribution in [3.8, 4) is 0 Å². The van der Waals surface area contributed by atoms with Gasteiger partial charge >= 0.3 is 5.97 Å². The number of likely N-dealkylation sites (N-methyl/N-ethyl adjacent to an activating group) is 1. The SMILES string of the molecule is COC(=O)c1ccc(CN(C)C2CCOC2)c(Br)c1. The summed E-state index contributed by atoms with van der Waals surface area (Å²) in [4.78, 5) is 13.7. The van der Waals surface area contributed by atoms with Gasteiger partial charge in [0.15, 0.2) is 0 Å². The first-order valence-electron chi connectivity index (χ1n) is 6.26. The van der Waals surface area contributed by atoms with Crippen molar-refractivity contribution in [2.45, 2.75) is 19.0 Å². The van der Waals surface area contributed by atoms with Crippen molar-refractivity contribution in [3.05, 3.63) is 33.8 Å². The van der Waals surface area contributed by atoms with Crippen molar-refractivity contribution in [2.75, 3.05) is 27.4 Å². The number of carbonyl (C=O) groups excluding carboxylic acids is 1. The summed E-state index contributed by atoms with van der Waals surface area (Å²) in [5, 5.41) is 0. The summed E-state index contributed by atoms with van der Waals surface area (Å²) in [6.07, 6.45) is 1.08. The molecular formula is C14H18BrNO3. The van der Waals surface area contributed by atoms with E-state index in [0.717, 1.165) is 36.2 Å². The number of hydrogen-bond donors (Lipinski definition) is 0. The maximum Gasteiger partial charge on any atom is 0.337 e. The van der Waals surface area contributed by atoms with E-state index in [1.807, 2.05) is 6.07 Å². The lowest BCUT2D eigenvalue weighted by Crippen LogP contribution is -2.31. The van der Waals surface area contributed by atoms with Crippen LogP contribution in [-0.2, 0) is 16.0 Å². The Morgan fingerprint density at radius 3 is 2.95 bits per heavy atom. The second kappa shape index (κ2) is 6.50. The summed E-state index contributed by atoms with van der Waals surface area (Å²) >= 11 is 3.52. The second-order valence-corrected chi connectivity index (χ2v) is 5.58. The lowest BCUT2D eigenvalue weighted by Gasteiger charge is -2.23. The molecule has 0 bridgehead atoms. The van der Waals surface area contributed by atoms with Crippen LogP contribution >= 0.6 is 15.9 Å². The highest BCUT2D eigenvalue weighted by Gasteiger charge is 2.21. The number of methoxy groups -OCH3 is 1. The number of carbonyl (C=O) groups is 1. The monoisotopic (exact) mass is 327 g/mol. The molecule has 0 saturated carbocycles. The van der Waals surface area contributed by atoms with Crippen molar-refractivity contribution >= 4 is 21.9 Å². The summed E-state index contributed by atoms with van der Waals surface area (Å²) in [5.41, 5.74) is 1.71. The molecule has 0 spiro atoms. The Labute approximate surface area is 121 Å². The van der Waals surface area contributed by atoms with Gasteiger partial charge in [-0.2, -0.15) is 0 Å². The van der Waals surface area contributed by atoms with E-state index in [9.17, 15) is 4.79 Å². The predicted molar refractivity (Wildman–Crippen MR) is 76.2 cm³/mol. The number of benzene rings is 1. The van der Waals surface area contributed by atoms with Gasteiger partial charge in [-0.15, -0.1) is 0 Å². The van der Waals surface area contributed by atoms with Crippen molar-refractivity contribution < 1.29 is 14.3 Å². The predicted octanol–water partition coefficient (Wildman–Crippen LogP) is 2.46. The minimum atomic E-state index is -0.315. The van der Waals surface area contributed by atoms with Gasteiger partial charge in [-0.25, -0.2) is 4.79 Å². The molecular weight excluding hydrogens is 310 g/mol. The largest absolute Gasteiger partial charge is 0.465 e. The van der Waals surface area contributed by atoms with Crippen LogP contribution in [0.25, 0.3) is 0 Å². The topological polar surface area (TPSA) is 38.8 Å². The van der Waals surface area contributed by atoms with Gasteiger partial charge in [0.1, 0.15) is 0 Å². The molecule has 0 radical (unpaired) electrons. The second-order valence-electron chi connectivity index (χ2n) is 4.73. The van der Waals surface area contributed by atoms with E-state index < -0.39 is 0 Å². The molecule has 1 saturated heterocycles. The van der Waals surface area contributed by atoms with Crippen LogP contribution in [0.3, 0.4) is 0 Å². The smallest absolute Gasteiger partial charge is 0.337 e. The fraction of sp³-hybridized carbons (Fsp3) is 0.500. The molecule has 0 aliphatic carbocycles. The summed E-state index contributed by atoms with van der Waals surface area (Å²) < 4.78 is 11.0. The van der Waals surface area contributed by atoms with E-state index in [4.69, 9.17) is 9.47 Å². The van der Waals surface area contributed by atoms with Crippen LogP contribution in [0.5, 0.6) is 0 Å². The van der Waals surface area contributed by atoms with E-state index >= 15 is 0 Å². The Morgan fingerprint density at radius 2 is 2.37 bits per heavy atom. The van der Waals surface area contributed by atoms with Crippen LogP contribution in [-0.4, -0.2) is 44.3 Å². The van der Waals surface area contributed by atoms with Crippen molar-refractivity contribution in [1.82, 2.24) is 4.90 Å². The molecule has 0 aromatic heterocycles. The maximum absolute atomic E-state index is 11.4. The van der Waals surface area contributed by atoms with Crippen molar-refractivity contribution in [2.24, 2.45) is 0 Å². The highest BCUT2D eigenvalue weighted by atomic mass is 79.9. The third kappa shape index (κ3) is 3.55. The van der Waals surface area contributed by atoms with E-state index in [2.05, 4.69) is 27.9 Å². The molecule has 1 atom stereocenters. The standard InChI is InChI=1S/C14H18BrNO3/c1-16(12-5-6-19-9-12)8-11-4-3-10(7-13(11)15)14(17)18-2/h3-4,7,12H,5-6,8-9H2,1-2H3. The molecule has 4 nitrogen and oxygen atoms in total. The van der Waals surface area contributed by atoms with Crippen LogP contribution < -0.4 is 0 Å². The van der Waals surface area contributed by atoms with E-state index in [-0.39, 0.29) is 5.97 Å². The highest BCUT2D eigenvalue weighted by Crippen LogP contribution is 2.22. The fourth-order valence-corrected chi connectivity index (χ4v) is 2.69. The third-order valence-corrected chi connectivity index (χ3v) is 4.16. The van der Waals surface area contributed by atoms with Crippen LogP contribution in [0.2, 0.25) is 0 Å². The molecule has 1 heterocycles. The van der Waals surface area contributed by atoms with Gasteiger partial charge < -0.3 is 9.47 Å². The Hall–Kier alpha value is -0.910. The lowest BCUT2D eigenvalue weighted by atomic mass is 10.1. The maximum atomic E-state index is 11.4. The molecule has 19 heavy (non-hydrogen) atoms. The Balaban J connectivity index is 2.06. The highest BCUT2D eigenvalue weighted by molar-refractivity contribution is 9.10. The van der Waals surface area contributed by atoms with Crippen LogP contribution in [0, 0.1) is 0 Å². The molecule has 5 heteroatoms. The first kappa shape index (κ1) is 14.5. The summed E-state index contributed by atoms with van der Waals surface area (Å²) in [6, 6.07) is 6.04. The first-order chi connectivity index (χ1) is 9.11. The number of hydrogen-bond acceptors (Lipinski definition) is 4. The number of rotatable bonds is 4. The molecule has 1 unspecified atom stereocenters. The van der Waals surface area contributed by atoms with Crippen molar-refractivity contribution in [3.63, 3.8) is 0 Å². The van der Waals surface area contributed by atoms with Gasteiger partial charge in [-0.1, -0.05) is 22.0 Å². The van der Waals surface area contributed by atoms with Gasteiger partial charge in [-0.3, -0.25) is 4.90 Å². The summed E-state index contributed by atoms with van der Waals surface area (Å²) in [7, 11) is 3.48. The zero-order chi connectivity index (χ0) is 13.8. The molecule has 1 aliphatic rings. The van der Waals surface area contributed by atoms with Gasteiger partial charge in [0.25, 0.3) is 0 Å². The van der Waals surface area contributed by atoms with E-state index in [1.165, 1.54) is 7.11 Å². The molecule has 1 aromatic carbocycles. The number of nitrogens with zero attached hydrogens (tertiary/aromatic N) is 1. The van der Waals surface area contributed by atoms with Gasteiger partial charge in [0.2, 0.25) is 0 Å². The number of ether oxygens (including phenoxy) is 2. The van der Waals surface area contributed by atoms with Gasteiger partial charge in [0, 0.05) is 23.7 Å². The number of halogens is 1. The lowest BCUT2D eigenvalue weighted by molar-refractivity contribution is 0.0600.